The van der Waals surface area contributed by atoms with Gasteiger partial charge in [-0.25, -0.2) is 9.97 Å². The minimum absolute atomic E-state index is 0.237. The number of aryl methyl sites for hydroxylation is 1. The van der Waals surface area contributed by atoms with Crippen molar-refractivity contribution in [3.05, 3.63) is 24.0 Å². The Morgan fingerprint density at radius 2 is 2.17 bits per heavy atom. The Morgan fingerprint density at radius 1 is 1.39 bits per heavy atom. The van der Waals surface area contributed by atoms with Gasteiger partial charge >= 0.3 is 0 Å². The van der Waals surface area contributed by atoms with E-state index in [1.54, 1.807) is 12.3 Å². The SMILES string of the molecule is CC[C@H](C)[C@H](N)c1nc(-c2ccnc(C)n2)no1. The van der Waals surface area contributed by atoms with E-state index < -0.39 is 0 Å². The summed E-state index contributed by atoms with van der Waals surface area (Å²) < 4.78 is 5.20. The fourth-order valence-corrected chi connectivity index (χ4v) is 1.55. The molecule has 0 radical (unpaired) electrons. The van der Waals surface area contributed by atoms with Gasteiger partial charge in [0, 0.05) is 6.20 Å². The summed E-state index contributed by atoms with van der Waals surface area (Å²) in [4.78, 5) is 12.6. The molecule has 0 bridgehead atoms. The van der Waals surface area contributed by atoms with Crippen molar-refractivity contribution in [2.24, 2.45) is 11.7 Å². The number of hydrogen-bond donors (Lipinski definition) is 1. The standard InChI is InChI=1S/C12H17N5O/c1-4-7(2)10(13)12-16-11(17-18-12)9-5-6-14-8(3)15-9/h5-7,10H,4,13H2,1-3H3/t7-,10-/m0/s1. The van der Waals surface area contributed by atoms with E-state index >= 15 is 0 Å². The van der Waals surface area contributed by atoms with Gasteiger partial charge in [0.1, 0.15) is 11.5 Å². The molecule has 2 atom stereocenters. The second-order valence-electron chi connectivity index (χ2n) is 4.36. The highest BCUT2D eigenvalue weighted by atomic mass is 16.5. The molecule has 0 saturated carbocycles. The van der Waals surface area contributed by atoms with Crippen LogP contribution in [0.15, 0.2) is 16.8 Å². The van der Waals surface area contributed by atoms with E-state index in [0.717, 1.165) is 6.42 Å². The van der Waals surface area contributed by atoms with E-state index in [9.17, 15) is 0 Å². The highest BCUT2D eigenvalue weighted by molar-refractivity contribution is 5.47. The zero-order valence-electron chi connectivity index (χ0n) is 10.8. The molecule has 0 unspecified atom stereocenters. The molecule has 0 saturated heterocycles. The van der Waals surface area contributed by atoms with Crippen LogP contribution in [-0.4, -0.2) is 20.1 Å². The molecule has 0 amide bonds. The van der Waals surface area contributed by atoms with Crippen LogP contribution in [0.3, 0.4) is 0 Å². The molecule has 2 rings (SSSR count). The van der Waals surface area contributed by atoms with Gasteiger partial charge < -0.3 is 10.3 Å². The van der Waals surface area contributed by atoms with Gasteiger partial charge in [0.2, 0.25) is 11.7 Å². The lowest BCUT2D eigenvalue weighted by Crippen LogP contribution is -2.18. The van der Waals surface area contributed by atoms with Crippen molar-refractivity contribution in [3.8, 4) is 11.5 Å². The normalized spacial score (nSPS) is 14.4. The summed E-state index contributed by atoms with van der Waals surface area (Å²) >= 11 is 0. The van der Waals surface area contributed by atoms with E-state index in [1.807, 2.05) is 6.92 Å². The third-order valence-corrected chi connectivity index (χ3v) is 2.99. The van der Waals surface area contributed by atoms with Crippen molar-refractivity contribution < 1.29 is 4.52 Å². The fraction of sp³-hybridized carbons (Fsp3) is 0.500. The Kier molecular flexibility index (Phi) is 3.66. The van der Waals surface area contributed by atoms with Gasteiger partial charge in [0.25, 0.3) is 0 Å². The van der Waals surface area contributed by atoms with Crippen molar-refractivity contribution in [3.63, 3.8) is 0 Å². The summed E-state index contributed by atoms with van der Waals surface area (Å²) in [5.74, 6) is 1.88. The summed E-state index contributed by atoms with van der Waals surface area (Å²) in [7, 11) is 0. The highest BCUT2D eigenvalue weighted by Gasteiger charge is 2.20. The molecule has 0 aliphatic heterocycles. The maximum absolute atomic E-state index is 6.04. The average molecular weight is 247 g/mol. The number of hydrogen-bond acceptors (Lipinski definition) is 6. The summed E-state index contributed by atoms with van der Waals surface area (Å²) in [6.45, 7) is 5.95. The molecular weight excluding hydrogens is 230 g/mol. The van der Waals surface area contributed by atoms with Crippen LogP contribution in [0.4, 0.5) is 0 Å². The lowest BCUT2D eigenvalue weighted by molar-refractivity contribution is 0.312. The number of nitrogens with two attached hydrogens (primary N) is 1. The minimum Gasteiger partial charge on any atom is -0.337 e. The monoisotopic (exact) mass is 247 g/mol. The molecule has 2 aromatic rings. The van der Waals surface area contributed by atoms with Crippen molar-refractivity contribution in [2.75, 3.05) is 0 Å². The molecule has 6 heteroatoms. The van der Waals surface area contributed by atoms with E-state index in [4.69, 9.17) is 10.3 Å². The maximum atomic E-state index is 6.04. The first-order chi connectivity index (χ1) is 8.61. The van der Waals surface area contributed by atoms with Gasteiger partial charge in [-0.15, -0.1) is 0 Å². The number of aromatic nitrogens is 4. The molecule has 6 nitrogen and oxygen atoms in total. The number of rotatable bonds is 4. The molecule has 0 aliphatic rings. The topological polar surface area (TPSA) is 90.7 Å². The molecule has 96 valence electrons. The number of nitrogens with zero attached hydrogens (tertiary/aromatic N) is 4. The van der Waals surface area contributed by atoms with Gasteiger partial charge in [-0.05, 0) is 18.9 Å². The molecule has 2 N–H and O–H groups in total. The first kappa shape index (κ1) is 12.6. The second-order valence-corrected chi connectivity index (χ2v) is 4.36. The Morgan fingerprint density at radius 3 is 2.83 bits per heavy atom. The van der Waals surface area contributed by atoms with Crippen LogP contribution in [0, 0.1) is 12.8 Å². The molecule has 2 heterocycles. The van der Waals surface area contributed by atoms with Crippen LogP contribution in [0.25, 0.3) is 11.5 Å². The Bertz CT molecular complexity index is 525. The van der Waals surface area contributed by atoms with Crippen LogP contribution < -0.4 is 5.73 Å². The quantitative estimate of drug-likeness (QED) is 0.887. The molecule has 0 spiro atoms. The van der Waals surface area contributed by atoms with Gasteiger partial charge in [-0.3, -0.25) is 0 Å². The Balaban J connectivity index is 2.25. The lowest BCUT2D eigenvalue weighted by atomic mass is 10.0. The third-order valence-electron chi connectivity index (χ3n) is 2.99. The van der Waals surface area contributed by atoms with E-state index in [2.05, 4.69) is 34.0 Å². The molecule has 18 heavy (non-hydrogen) atoms. The average Bonchev–Trinajstić information content (AvgIpc) is 2.86. The third kappa shape index (κ3) is 2.53. The zero-order chi connectivity index (χ0) is 13.1. The van der Waals surface area contributed by atoms with E-state index in [-0.39, 0.29) is 6.04 Å². The fourth-order valence-electron chi connectivity index (χ4n) is 1.55. The van der Waals surface area contributed by atoms with Gasteiger partial charge in [-0.1, -0.05) is 25.4 Å². The van der Waals surface area contributed by atoms with Crippen LogP contribution in [0.2, 0.25) is 0 Å². The first-order valence-corrected chi connectivity index (χ1v) is 6.01. The summed E-state index contributed by atoms with van der Waals surface area (Å²) in [5, 5.41) is 3.91. The summed E-state index contributed by atoms with van der Waals surface area (Å²) in [5.41, 5.74) is 6.69. The van der Waals surface area contributed by atoms with Gasteiger partial charge in [-0.2, -0.15) is 4.98 Å². The van der Waals surface area contributed by atoms with E-state index in [1.165, 1.54) is 0 Å². The predicted octanol–water partition coefficient (Wildman–Crippen LogP) is 1.88. The summed E-state index contributed by atoms with van der Waals surface area (Å²) in [6, 6.07) is 1.51. The van der Waals surface area contributed by atoms with Crippen molar-refractivity contribution in [1.82, 2.24) is 20.1 Å². The Hall–Kier alpha value is -1.82. The largest absolute Gasteiger partial charge is 0.337 e. The minimum atomic E-state index is -0.237. The lowest BCUT2D eigenvalue weighted by Gasteiger charge is -2.12. The second kappa shape index (κ2) is 5.22. The smallest absolute Gasteiger partial charge is 0.244 e. The van der Waals surface area contributed by atoms with E-state index in [0.29, 0.717) is 29.2 Å². The zero-order valence-corrected chi connectivity index (χ0v) is 10.8. The highest BCUT2D eigenvalue weighted by Crippen LogP contribution is 2.22. The molecule has 0 fully saturated rings. The van der Waals surface area contributed by atoms with Crippen molar-refractivity contribution in [1.29, 1.82) is 0 Å². The van der Waals surface area contributed by atoms with Crippen LogP contribution >= 0.6 is 0 Å². The predicted molar refractivity (Wildman–Crippen MR) is 66.4 cm³/mol. The molecular formula is C12H17N5O. The van der Waals surface area contributed by atoms with Gasteiger partial charge in [0.05, 0.1) is 6.04 Å². The van der Waals surface area contributed by atoms with Gasteiger partial charge in [0.15, 0.2) is 0 Å². The van der Waals surface area contributed by atoms with Crippen LogP contribution in [-0.2, 0) is 0 Å². The van der Waals surface area contributed by atoms with Crippen molar-refractivity contribution in [2.45, 2.75) is 33.2 Å². The molecule has 2 aromatic heterocycles. The molecule has 0 aromatic carbocycles. The summed E-state index contributed by atoms with van der Waals surface area (Å²) in [6.07, 6.45) is 2.63. The van der Waals surface area contributed by atoms with Crippen LogP contribution in [0.5, 0.6) is 0 Å². The van der Waals surface area contributed by atoms with Crippen molar-refractivity contribution >= 4 is 0 Å². The van der Waals surface area contributed by atoms with Crippen LogP contribution in [0.1, 0.15) is 38.0 Å². The Labute approximate surface area is 106 Å². The molecule has 0 aliphatic carbocycles. The first-order valence-electron chi connectivity index (χ1n) is 6.01. The maximum Gasteiger partial charge on any atom is 0.244 e.